The van der Waals surface area contributed by atoms with Crippen molar-refractivity contribution in [2.24, 2.45) is 0 Å². The Morgan fingerprint density at radius 2 is 1.67 bits per heavy atom. The van der Waals surface area contributed by atoms with Crippen molar-refractivity contribution in [3.05, 3.63) is 59.7 Å². The van der Waals surface area contributed by atoms with Gasteiger partial charge in [-0.05, 0) is 29.8 Å². The number of amides is 1. The van der Waals surface area contributed by atoms with Crippen LogP contribution in [-0.4, -0.2) is 5.91 Å². The van der Waals surface area contributed by atoms with Gasteiger partial charge in [0.05, 0.1) is 17.7 Å². The Bertz CT molecular complexity index is 636. The van der Waals surface area contributed by atoms with Crippen LogP contribution in [0, 0.1) is 0 Å². The zero-order chi connectivity index (χ0) is 15.5. The summed E-state index contributed by atoms with van der Waals surface area (Å²) in [5.41, 5.74) is 5.64. The van der Waals surface area contributed by atoms with Crippen molar-refractivity contribution in [3.63, 3.8) is 0 Å². The van der Waals surface area contributed by atoms with E-state index in [1.54, 1.807) is 24.3 Å². The molecule has 2 aromatic carbocycles. The molecule has 3 nitrogen and oxygen atoms in total. The number of halogens is 3. The number of benzene rings is 2. The maximum absolute atomic E-state index is 12.8. The van der Waals surface area contributed by atoms with E-state index in [-0.39, 0.29) is 12.1 Å². The Kier molecular flexibility index (Phi) is 4.16. The molecule has 0 unspecified atom stereocenters. The fourth-order valence-corrected chi connectivity index (χ4v) is 1.85. The van der Waals surface area contributed by atoms with Gasteiger partial charge in [0.25, 0.3) is 0 Å². The standard InChI is InChI=1S/C15H13F3N2O/c16-15(17,18)12-3-1-2-4-13(12)20-14(21)9-10-5-7-11(19)8-6-10/h1-8H,9,19H2,(H,20,21). The zero-order valence-electron chi connectivity index (χ0n) is 10.9. The van der Waals surface area contributed by atoms with Crippen LogP contribution in [0.5, 0.6) is 0 Å². The first-order valence-electron chi connectivity index (χ1n) is 6.17. The smallest absolute Gasteiger partial charge is 0.399 e. The number of nitrogen functional groups attached to an aromatic ring is 1. The number of nitrogens with two attached hydrogens (primary N) is 1. The van der Waals surface area contributed by atoms with Gasteiger partial charge in [-0.2, -0.15) is 13.2 Å². The van der Waals surface area contributed by atoms with Gasteiger partial charge in [-0.1, -0.05) is 24.3 Å². The molecule has 0 aliphatic rings. The van der Waals surface area contributed by atoms with Gasteiger partial charge in [-0.3, -0.25) is 4.79 Å². The summed E-state index contributed by atoms with van der Waals surface area (Å²) >= 11 is 0. The van der Waals surface area contributed by atoms with Crippen molar-refractivity contribution in [1.29, 1.82) is 0 Å². The third kappa shape index (κ3) is 3.98. The van der Waals surface area contributed by atoms with Crippen LogP contribution in [0.15, 0.2) is 48.5 Å². The number of alkyl halides is 3. The van der Waals surface area contributed by atoms with E-state index < -0.39 is 17.6 Å². The predicted molar refractivity (Wildman–Crippen MR) is 74.6 cm³/mol. The first-order valence-corrected chi connectivity index (χ1v) is 6.17. The highest BCUT2D eigenvalue weighted by Crippen LogP contribution is 2.34. The lowest BCUT2D eigenvalue weighted by molar-refractivity contribution is -0.137. The molecule has 0 radical (unpaired) electrons. The Labute approximate surface area is 119 Å². The van der Waals surface area contributed by atoms with Gasteiger partial charge >= 0.3 is 6.18 Å². The second-order valence-corrected chi connectivity index (χ2v) is 4.51. The number of carbonyl (C=O) groups excluding carboxylic acids is 1. The molecule has 0 spiro atoms. The van der Waals surface area contributed by atoms with E-state index >= 15 is 0 Å². The molecule has 0 fully saturated rings. The number of hydrogen-bond acceptors (Lipinski definition) is 2. The summed E-state index contributed by atoms with van der Waals surface area (Å²) in [5, 5.41) is 2.29. The van der Waals surface area contributed by atoms with Crippen molar-refractivity contribution < 1.29 is 18.0 Å². The molecule has 0 saturated carbocycles. The molecule has 0 aliphatic carbocycles. The molecule has 0 saturated heterocycles. The van der Waals surface area contributed by atoms with Gasteiger partial charge in [-0.25, -0.2) is 0 Å². The van der Waals surface area contributed by atoms with Crippen molar-refractivity contribution in [2.45, 2.75) is 12.6 Å². The average molecular weight is 294 g/mol. The lowest BCUT2D eigenvalue weighted by Gasteiger charge is -2.13. The van der Waals surface area contributed by atoms with Crippen LogP contribution >= 0.6 is 0 Å². The molecule has 2 rings (SSSR count). The second kappa shape index (κ2) is 5.87. The minimum absolute atomic E-state index is 0.0214. The molecule has 6 heteroatoms. The van der Waals surface area contributed by atoms with Crippen molar-refractivity contribution >= 4 is 17.3 Å². The van der Waals surface area contributed by atoms with Crippen LogP contribution in [-0.2, 0) is 17.4 Å². The van der Waals surface area contributed by atoms with Crippen LogP contribution in [0.1, 0.15) is 11.1 Å². The summed E-state index contributed by atoms with van der Waals surface area (Å²) in [4.78, 5) is 11.8. The quantitative estimate of drug-likeness (QED) is 0.852. The van der Waals surface area contributed by atoms with Crippen molar-refractivity contribution in [1.82, 2.24) is 0 Å². The van der Waals surface area contributed by atoms with E-state index in [0.717, 1.165) is 6.07 Å². The van der Waals surface area contributed by atoms with Gasteiger partial charge in [0.15, 0.2) is 0 Å². The summed E-state index contributed by atoms with van der Waals surface area (Å²) in [6.07, 6.45) is -4.53. The van der Waals surface area contributed by atoms with Crippen LogP contribution in [0.3, 0.4) is 0 Å². The molecular weight excluding hydrogens is 281 g/mol. The topological polar surface area (TPSA) is 55.1 Å². The third-order valence-electron chi connectivity index (χ3n) is 2.85. The van der Waals surface area contributed by atoms with Crippen LogP contribution in [0.25, 0.3) is 0 Å². The number of hydrogen-bond donors (Lipinski definition) is 2. The third-order valence-corrected chi connectivity index (χ3v) is 2.85. The maximum Gasteiger partial charge on any atom is 0.418 e. The lowest BCUT2D eigenvalue weighted by Crippen LogP contribution is -2.18. The summed E-state index contributed by atoms with van der Waals surface area (Å²) < 4.78 is 38.4. The van der Waals surface area contributed by atoms with E-state index in [1.165, 1.54) is 18.2 Å². The van der Waals surface area contributed by atoms with Crippen LogP contribution < -0.4 is 11.1 Å². The summed E-state index contributed by atoms with van der Waals surface area (Å²) in [6.45, 7) is 0. The Hall–Kier alpha value is -2.50. The number of carbonyl (C=O) groups is 1. The van der Waals surface area contributed by atoms with Crippen molar-refractivity contribution in [3.8, 4) is 0 Å². The Balaban J connectivity index is 2.11. The minimum Gasteiger partial charge on any atom is -0.399 e. The fourth-order valence-electron chi connectivity index (χ4n) is 1.85. The minimum atomic E-state index is -4.51. The van der Waals surface area contributed by atoms with Gasteiger partial charge < -0.3 is 11.1 Å². The molecule has 110 valence electrons. The first kappa shape index (κ1) is 14.9. The van der Waals surface area contributed by atoms with Gasteiger partial charge in [0.2, 0.25) is 5.91 Å². The molecule has 0 bridgehead atoms. The molecule has 2 aromatic rings. The molecule has 1 amide bonds. The second-order valence-electron chi connectivity index (χ2n) is 4.51. The molecule has 3 N–H and O–H groups in total. The van der Waals surface area contributed by atoms with Gasteiger partial charge in [0, 0.05) is 5.69 Å². The summed E-state index contributed by atoms with van der Waals surface area (Å²) in [7, 11) is 0. The maximum atomic E-state index is 12.8. The summed E-state index contributed by atoms with van der Waals surface area (Å²) in [5.74, 6) is -0.517. The molecule has 0 aliphatic heterocycles. The van der Waals surface area contributed by atoms with E-state index in [4.69, 9.17) is 5.73 Å². The van der Waals surface area contributed by atoms with Crippen LogP contribution in [0.4, 0.5) is 24.5 Å². The largest absolute Gasteiger partial charge is 0.418 e. The lowest BCUT2D eigenvalue weighted by atomic mass is 10.1. The Morgan fingerprint density at radius 3 is 2.29 bits per heavy atom. The van der Waals surface area contributed by atoms with Crippen LogP contribution in [0.2, 0.25) is 0 Å². The van der Waals surface area contributed by atoms with Gasteiger partial charge in [0.1, 0.15) is 0 Å². The highest BCUT2D eigenvalue weighted by atomic mass is 19.4. The highest BCUT2D eigenvalue weighted by Gasteiger charge is 2.33. The first-order chi connectivity index (χ1) is 9.86. The molecule has 0 heterocycles. The SMILES string of the molecule is Nc1ccc(CC(=O)Nc2ccccc2C(F)(F)F)cc1. The number of rotatable bonds is 3. The number of nitrogens with one attached hydrogen (secondary N) is 1. The molecule has 0 atom stereocenters. The van der Waals surface area contributed by atoms with E-state index in [2.05, 4.69) is 5.32 Å². The molecular formula is C15H13F3N2O. The normalized spacial score (nSPS) is 11.2. The van der Waals surface area contributed by atoms with E-state index in [0.29, 0.717) is 11.3 Å². The van der Waals surface area contributed by atoms with E-state index in [1.807, 2.05) is 0 Å². The van der Waals surface area contributed by atoms with E-state index in [9.17, 15) is 18.0 Å². The van der Waals surface area contributed by atoms with Gasteiger partial charge in [-0.15, -0.1) is 0 Å². The summed E-state index contributed by atoms with van der Waals surface area (Å²) in [6, 6.07) is 11.4. The monoisotopic (exact) mass is 294 g/mol. The molecule has 0 aromatic heterocycles. The highest BCUT2D eigenvalue weighted by molar-refractivity contribution is 5.93. The predicted octanol–water partition coefficient (Wildman–Crippen LogP) is 3.47. The number of para-hydroxylation sites is 1. The number of anilines is 2. The fraction of sp³-hybridized carbons (Fsp3) is 0.133. The zero-order valence-corrected chi connectivity index (χ0v) is 10.9. The molecule has 21 heavy (non-hydrogen) atoms. The van der Waals surface area contributed by atoms with Crippen molar-refractivity contribution in [2.75, 3.05) is 11.1 Å². The average Bonchev–Trinajstić information content (AvgIpc) is 2.41. The Morgan fingerprint density at radius 1 is 1.05 bits per heavy atom.